The number of nitrogens with zero attached hydrogens (tertiary/aromatic N) is 1. The molecule has 1 aromatic rings. The molecule has 0 unspecified atom stereocenters. The lowest BCUT2D eigenvalue weighted by atomic mass is 10.1. The zero-order valence-electron chi connectivity index (χ0n) is 9.89. The number of benzene rings is 1. The molecule has 0 spiro atoms. The van der Waals surface area contributed by atoms with Gasteiger partial charge in [-0.15, -0.1) is 3.89 Å². The molecule has 1 fully saturated rings. The molecule has 0 saturated carbocycles. The fourth-order valence-corrected chi connectivity index (χ4v) is 2.65. The van der Waals surface area contributed by atoms with Crippen LogP contribution in [0.15, 0.2) is 18.2 Å². The van der Waals surface area contributed by atoms with Crippen LogP contribution in [-0.4, -0.2) is 34.6 Å². The Bertz CT molecular complexity index is 527. The number of nitrogen functional groups attached to an aromatic ring is 1. The molecule has 0 aliphatic carbocycles. The monoisotopic (exact) mass is 273 g/mol. The number of nitrogens with two attached hydrogens (primary N) is 1. The number of piperazine rings is 1. The van der Waals surface area contributed by atoms with E-state index in [-0.39, 0.29) is 0 Å². The third-order valence-corrected chi connectivity index (χ3v) is 3.50. The molecule has 1 heterocycles. The Balaban J connectivity index is 2.25. The average molecular weight is 273 g/mol. The van der Waals surface area contributed by atoms with Crippen LogP contribution in [-0.2, 0) is 16.0 Å². The summed E-state index contributed by atoms with van der Waals surface area (Å²) in [5.41, 5.74) is 7.40. The van der Waals surface area contributed by atoms with E-state index in [0.717, 1.165) is 31.9 Å². The SMILES string of the molecule is Nc1cc(CS(=O)(=O)F)cc(N2CCNCC2)c1. The van der Waals surface area contributed by atoms with Gasteiger partial charge < -0.3 is 16.0 Å². The maximum absolute atomic E-state index is 12.7. The summed E-state index contributed by atoms with van der Waals surface area (Å²) in [7, 11) is -4.53. The van der Waals surface area contributed by atoms with Gasteiger partial charge in [0.25, 0.3) is 0 Å². The van der Waals surface area contributed by atoms with E-state index < -0.39 is 16.0 Å². The smallest absolute Gasteiger partial charge is 0.306 e. The largest absolute Gasteiger partial charge is 0.399 e. The molecule has 3 N–H and O–H groups in total. The first-order valence-electron chi connectivity index (χ1n) is 5.71. The van der Waals surface area contributed by atoms with E-state index >= 15 is 0 Å². The highest BCUT2D eigenvalue weighted by Gasteiger charge is 2.14. The van der Waals surface area contributed by atoms with Crippen LogP contribution in [0.4, 0.5) is 15.3 Å². The summed E-state index contributed by atoms with van der Waals surface area (Å²) >= 11 is 0. The zero-order chi connectivity index (χ0) is 13.2. The third kappa shape index (κ3) is 3.58. The van der Waals surface area contributed by atoms with Crippen LogP contribution in [0.2, 0.25) is 0 Å². The Labute approximate surface area is 106 Å². The van der Waals surface area contributed by atoms with Crippen molar-refractivity contribution in [2.24, 2.45) is 0 Å². The second-order valence-electron chi connectivity index (χ2n) is 4.35. The molecule has 1 aromatic carbocycles. The number of nitrogens with one attached hydrogen (secondary N) is 1. The van der Waals surface area contributed by atoms with Crippen LogP contribution in [0.25, 0.3) is 0 Å². The molecule has 1 saturated heterocycles. The summed E-state index contributed by atoms with van der Waals surface area (Å²) in [6, 6.07) is 4.95. The van der Waals surface area contributed by atoms with Gasteiger partial charge in [0, 0.05) is 37.6 Å². The van der Waals surface area contributed by atoms with Crippen LogP contribution in [0.3, 0.4) is 0 Å². The van der Waals surface area contributed by atoms with Crippen molar-refractivity contribution in [1.29, 1.82) is 0 Å². The predicted octanol–water partition coefficient (Wildman–Crippen LogP) is 0.478. The zero-order valence-corrected chi connectivity index (χ0v) is 10.7. The van der Waals surface area contributed by atoms with Crippen LogP contribution in [0.1, 0.15) is 5.56 Å². The van der Waals surface area contributed by atoms with E-state index in [1.807, 2.05) is 0 Å². The molecule has 2 rings (SSSR count). The van der Waals surface area contributed by atoms with Crippen LogP contribution in [0, 0.1) is 0 Å². The number of hydrogen-bond donors (Lipinski definition) is 2. The molecule has 100 valence electrons. The lowest BCUT2D eigenvalue weighted by molar-refractivity contribution is 0.551. The predicted molar refractivity (Wildman–Crippen MR) is 69.7 cm³/mol. The molecule has 18 heavy (non-hydrogen) atoms. The van der Waals surface area contributed by atoms with Crippen molar-refractivity contribution in [3.8, 4) is 0 Å². The number of halogens is 1. The van der Waals surface area contributed by atoms with Gasteiger partial charge in [-0.3, -0.25) is 0 Å². The first-order chi connectivity index (χ1) is 8.44. The molecular formula is C11H16FN3O2S. The maximum atomic E-state index is 12.7. The number of hydrogen-bond acceptors (Lipinski definition) is 5. The Hall–Kier alpha value is -1.34. The minimum atomic E-state index is -4.53. The standard InChI is InChI=1S/C11H16FN3O2S/c12-18(16,17)8-9-5-10(13)7-11(6-9)15-3-1-14-2-4-15/h5-7,14H,1-4,8,13H2. The van der Waals surface area contributed by atoms with Crippen molar-refractivity contribution in [2.75, 3.05) is 36.8 Å². The van der Waals surface area contributed by atoms with Gasteiger partial charge in [0.15, 0.2) is 0 Å². The molecule has 7 heteroatoms. The Morgan fingerprint density at radius 2 is 1.94 bits per heavy atom. The first kappa shape index (κ1) is 13.1. The van der Waals surface area contributed by atoms with Crippen molar-refractivity contribution in [1.82, 2.24) is 5.32 Å². The molecule has 0 atom stereocenters. The van der Waals surface area contributed by atoms with E-state index in [4.69, 9.17) is 5.73 Å². The molecule has 5 nitrogen and oxygen atoms in total. The molecule has 0 radical (unpaired) electrons. The Morgan fingerprint density at radius 1 is 1.28 bits per heavy atom. The average Bonchev–Trinajstić information content (AvgIpc) is 2.27. The summed E-state index contributed by atoms with van der Waals surface area (Å²) in [5.74, 6) is -0.628. The Morgan fingerprint density at radius 3 is 2.56 bits per heavy atom. The Kier molecular flexibility index (Phi) is 3.72. The van der Waals surface area contributed by atoms with Crippen LogP contribution < -0.4 is 16.0 Å². The van der Waals surface area contributed by atoms with Crippen molar-refractivity contribution in [3.63, 3.8) is 0 Å². The highest BCUT2D eigenvalue weighted by molar-refractivity contribution is 7.85. The van der Waals surface area contributed by atoms with Crippen molar-refractivity contribution in [3.05, 3.63) is 23.8 Å². The summed E-state index contributed by atoms with van der Waals surface area (Å²) in [6.45, 7) is 3.38. The minimum Gasteiger partial charge on any atom is -0.399 e. The first-order valence-corrected chi connectivity index (χ1v) is 7.27. The summed E-state index contributed by atoms with van der Waals surface area (Å²) in [5, 5.41) is 3.22. The van der Waals surface area contributed by atoms with Gasteiger partial charge in [-0.2, -0.15) is 8.42 Å². The van der Waals surface area contributed by atoms with Gasteiger partial charge in [-0.25, -0.2) is 0 Å². The molecular weight excluding hydrogens is 257 g/mol. The van der Waals surface area contributed by atoms with Crippen LogP contribution >= 0.6 is 0 Å². The second kappa shape index (κ2) is 5.11. The molecule has 1 aliphatic rings. The molecule has 0 aromatic heterocycles. The van der Waals surface area contributed by atoms with E-state index in [1.165, 1.54) is 6.07 Å². The second-order valence-corrected chi connectivity index (χ2v) is 5.72. The summed E-state index contributed by atoms with van der Waals surface area (Å²) in [4.78, 5) is 2.10. The van der Waals surface area contributed by atoms with E-state index in [2.05, 4.69) is 10.2 Å². The summed E-state index contributed by atoms with van der Waals surface area (Å²) < 4.78 is 34.0. The van der Waals surface area contributed by atoms with Gasteiger partial charge in [-0.05, 0) is 23.8 Å². The molecule has 0 bridgehead atoms. The lowest BCUT2D eigenvalue weighted by Gasteiger charge is -2.30. The van der Waals surface area contributed by atoms with Crippen LogP contribution in [0.5, 0.6) is 0 Å². The quantitative estimate of drug-likeness (QED) is 0.619. The van der Waals surface area contributed by atoms with E-state index in [9.17, 15) is 12.3 Å². The van der Waals surface area contributed by atoms with Gasteiger partial charge in [0.1, 0.15) is 5.75 Å². The fourth-order valence-electron chi connectivity index (χ4n) is 2.09. The third-order valence-electron chi connectivity index (χ3n) is 2.82. The van der Waals surface area contributed by atoms with Crippen molar-refractivity contribution < 1.29 is 12.3 Å². The minimum absolute atomic E-state index is 0.381. The maximum Gasteiger partial charge on any atom is 0.306 e. The van der Waals surface area contributed by atoms with Gasteiger partial charge in [0.2, 0.25) is 0 Å². The van der Waals surface area contributed by atoms with Gasteiger partial charge >= 0.3 is 10.2 Å². The van der Waals surface area contributed by atoms with E-state index in [0.29, 0.717) is 11.3 Å². The number of anilines is 2. The van der Waals surface area contributed by atoms with Gasteiger partial charge in [-0.1, -0.05) is 0 Å². The normalized spacial score (nSPS) is 16.8. The van der Waals surface area contributed by atoms with Gasteiger partial charge in [0.05, 0.1) is 0 Å². The van der Waals surface area contributed by atoms with Crippen molar-refractivity contribution >= 4 is 21.6 Å². The topological polar surface area (TPSA) is 75.4 Å². The van der Waals surface area contributed by atoms with E-state index in [1.54, 1.807) is 12.1 Å². The fraction of sp³-hybridized carbons (Fsp3) is 0.455. The summed E-state index contributed by atoms with van der Waals surface area (Å²) in [6.07, 6.45) is 0. The highest BCUT2D eigenvalue weighted by Crippen LogP contribution is 2.22. The molecule has 1 aliphatic heterocycles. The highest BCUT2D eigenvalue weighted by atomic mass is 32.3. The lowest BCUT2D eigenvalue weighted by Crippen LogP contribution is -2.43. The molecule has 0 amide bonds. The number of rotatable bonds is 3. The van der Waals surface area contributed by atoms with Crippen molar-refractivity contribution in [2.45, 2.75) is 5.75 Å².